The number of nitrogens with one attached hydrogen (secondary N) is 2. The van der Waals surface area contributed by atoms with Crippen molar-refractivity contribution in [3.05, 3.63) is 53.3 Å². The molecule has 0 radical (unpaired) electrons. The van der Waals surface area contributed by atoms with E-state index in [1.807, 2.05) is 0 Å². The standard InChI is InChI=1S/C26H28F7N3O5S/c27-20-13-19-21(7-10-40-22(19)11-16(20)15-36-8-2-1-3-9-36)34-24(37)14-23(25(28,29)30)35-42(38,39)18-6-4-5-17(12-18)41-26(31,32)33/h4-6,11-13,21,23,35H,1-3,7-10,14-15H2,(H,34,37)/t21-,23-/m1/s1. The van der Waals surface area contributed by atoms with Crippen molar-refractivity contribution in [2.75, 3.05) is 19.7 Å². The van der Waals surface area contributed by atoms with Crippen LogP contribution in [0, 0.1) is 5.82 Å². The number of amides is 1. The fourth-order valence-electron chi connectivity index (χ4n) is 4.84. The fraction of sp³-hybridized carbons (Fsp3) is 0.500. The first kappa shape index (κ1) is 31.8. The lowest BCUT2D eigenvalue weighted by Gasteiger charge is -2.30. The van der Waals surface area contributed by atoms with E-state index in [1.54, 1.807) is 0 Å². The lowest BCUT2D eigenvalue weighted by Crippen LogP contribution is -2.48. The number of carbonyl (C=O) groups excluding carboxylic acids is 1. The number of benzene rings is 2. The Hall–Kier alpha value is -3.11. The second-order valence-corrected chi connectivity index (χ2v) is 11.7. The molecule has 1 fully saturated rings. The molecule has 4 rings (SSSR count). The normalized spacial score (nSPS) is 19.0. The Bertz CT molecular complexity index is 1380. The predicted molar refractivity (Wildman–Crippen MR) is 134 cm³/mol. The van der Waals surface area contributed by atoms with Crippen LogP contribution in [0.2, 0.25) is 0 Å². The number of rotatable bonds is 9. The first-order valence-electron chi connectivity index (χ1n) is 13.0. The van der Waals surface area contributed by atoms with Gasteiger partial charge in [0.05, 0.1) is 24.0 Å². The molecule has 0 bridgehead atoms. The molecule has 2 N–H and O–H groups in total. The molecule has 2 heterocycles. The third kappa shape index (κ3) is 8.47. The monoisotopic (exact) mass is 627 g/mol. The van der Waals surface area contributed by atoms with Crippen LogP contribution < -0.4 is 19.5 Å². The molecule has 0 saturated carbocycles. The number of halogens is 7. The number of likely N-dealkylation sites (tertiary alicyclic amines) is 1. The van der Waals surface area contributed by atoms with Gasteiger partial charge in [-0.3, -0.25) is 9.69 Å². The van der Waals surface area contributed by atoms with E-state index in [-0.39, 0.29) is 24.3 Å². The van der Waals surface area contributed by atoms with Gasteiger partial charge in [0.2, 0.25) is 15.9 Å². The molecule has 8 nitrogen and oxygen atoms in total. The lowest BCUT2D eigenvalue weighted by molar-refractivity contribution is -0.274. The number of hydrogen-bond acceptors (Lipinski definition) is 6. The average Bonchev–Trinajstić information content (AvgIpc) is 2.88. The van der Waals surface area contributed by atoms with Crippen LogP contribution in [0.1, 0.15) is 49.3 Å². The van der Waals surface area contributed by atoms with Gasteiger partial charge in [0.25, 0.3) is 0 Å². The molecule has 1 amide bonds. The van der Waals surface area contributed by atoms with Crippen molar-refractivity contribution in [2.45, 2.75) is 68.2 Å². The molecular formula is C26H28F7N3O5S. The number of carbonyl (C=O) groups is 1. The molecule has 2 aromatic carbocycles. The van der Waals surface area contributed by atoms with Gasteiger partial charge < -0.3 is 14.8 Å². The zero-order valence-electron chi connectivity index (χ0n) is 22.0. The molecule has 0 aromatic heterocycles. The Labute approximate surface area is 237 Å². The van der Waals surface area contributed by atoms with Gasteiger partial charge >= 0.3 is 12.5 Å². The first-order valence-corrected chi connectivity index (χ1v) is 14.5. The highest BCUT2D eigenvalue weighted by Crippen LogP contribution is 2.35. The molecule has 2 aliphatic rings. The summed E-state index contributed by atoms with van der Waals surface area (Å²) < 4.78 is 130. The summed E-state index contributed by atoms with van der Waals surface area (Å²) in [6.45, 7) is 2.11. The summed E-state index contributed by atoms with van der Waals surface area (Å²) in [5.41, 5.74) is 0.624. The number of sulfonamides is 1. The van der Waals surface area contributed by atoms with Crippen LogP contribution in [0.3, 0.4) is 0 Å². The highest BCUT2D eigenvalue weighted by Gasteiger charge is 2.44. The van der Waals surface area contributed by atoms with Crippen LogP contribution in [-0.4, -0.2) is 57.5 Å². The maximum absolute atomic E-state index is 15.0. The molecule has 2 aromatic rings. The van der Waals surface area contributed by atoms with E-state index >= 15 is 0 Å². The number of hydrogen-bond donors (Lipinski definition) is 2. The van der Waals surface area contributed by atoms with E-state index in [2.05, 4.69) is 15.0 Å². The summed E-state index contributed by atoms with van der Waals surface area (Å²) in [5.74, 6) is -2.42. The van der Waals surface area contributed by atoms with Crippen molar-refractivity contribution in [3.8, 4) is 11.5 Å². The van der Waals surface area contributed by atoms with Crippen LogP contribution in [0.25, 0.3) is 0 Å². The van der Waals surface area contributed by atoms with Crippen molar-refractivity contribution < 1.29 is 53.4 Å². The van der Waals surface area contributed by atoms with Gasteiger partial charge in [-0.05, 0) is 50.2 Å². The molecule has 42 heavy (non-hydrogen) atoms. The lowest BCUT2D eigenvalue weighted by atomic mass is 9.97. The summed E-state index contributed by atoms with van der Waals surface area (Å²) in [6, 6.07) is 1.66. The second kappa shape index (κ2) is 12.6. The predicted octanol–water partition coefficient (Wildman–Crippen LogP) is 4.95. The van der Waals surface area contributed by atoms with E-state index in [4.69, 9.17) is 4.74 Å². The Kier molecular flexibility index (Phi) is 9.57. The van der Waals surface area contributed by atoms with Crippen LogP contribution in [0.4, 0.5) is 30.7 Å². The molecule has 0 spiro atoms. The fourth-order valence-corrected chi connectivity index (χ4v) is 6.09. The second-order valence-electron chi connectivity index (χ2n) is 10.0. The van der Waals surface area contributed by atoms with E-state index in [0.717, 1.165) is 50.6 Å². The zero-order valence-corrected chi connectivity index (χ0v) is 22.8. The smallest absolute Gasteiger partial charge is 0.493 e. The van der Waals surface area contributed by atoms with Crippen molar-refractivity contribution in [2.24, 2.45) is 0 Å². The average molecular weight is 628 g/mol. The van der Waals surface area contributed by atoms with Crippen LogP contribution in [0.5, 0.6) is 11.5 Å². The summed E-state index contributed by atoms with van der Waals surface area (Å²) >= 11 is 0. The molecule has 0 aliphatic carbocycles. The quantitative estimate of drug-likeness (QED) is 0.382. The Morgan fingerprint density at radius 1 is 1.07 bits per heavy atom. The van der Waals surface area contributed by atoms with Gasteiger partial charge in [-0.1, -0.05) is 12.5 Å². The molecule has 232 valence electrons. The van der Waals surface area contributed by atoms with Gasteiger partial charge in [0, 0.05) is 30.2 Å². The van der Waals surface area contributed by atoms with E-state index in [9.17, 15) is 43.9 Å². The van der Waals surface area contributed by atoms with E-state index < -0.39 is 63.4 Å². The van der Waals surface area contributed by atoms with Gasteiger partial charge in [-0.2, -0.15) is 17.9 Å². The molecular weight excluding hydrogens is 599 g/mol. The zero-order chi connectivity index (χ0) is 30.7. The number of nitrogens with zero attached hydrogens (tertiary/aromatic N) is 1. The third-order valence-corrected chi connectivity index (χ3v) is 8.30. The molecule has 2 aliphatic heterocycles. The summed E-state index contributed by atoms with van der Waals surface area (Å²) in [5, 5.41) is 2.39. The Balaban J connectivity index is 1.46. The van der Waals surface area contributed by atoms with Gasteiger partial charge in [0.15, 0.2) is 0 Å². The van der Waals surface area contributed by atoms with E-state index in [0.29, 0.717) is 18.2 Å². The molecule has 0 unspecified atom stereocenters. The molecule has 1 saturated heterocycles. The van der Waals surface area contributed by atoms with Crippen molar-refractivity contribution in [1.29, 1.82) is 0 Å². The van der Waals surface area contributed by atoms with Gasteiger partial charge in [-0.15, -0.1) is 13.2 Å². The molecule has 16 heteroatoms. The minimum atomic E-state index is -5.24. The minimum Gasteiger partial charge on any atom is -0.493 e. The summed E-state index contributed by atoms with van der Waals surface area (Å²) in [7, 11) is -5.04. The number of ether oxygens (including phenoxy) is 2. The summed E-state index contributed by atoms with van der Waals surface area (Å²) in [4.78, 5) is 13.9. The SMILES string of the molecule is O=C(C[C@@H](NS(=O)(=O)c1cccc(OC(F)(F)F)c1)C(F)(F)F)N[C@@H]1CCOc2cc(CN3CCCCC3)c(F)cc21. The van der Waals surface area contributed by atoms with Crippen molar-refractivity contribution in [1.82, 2.24) is 14.9 Å². The highest BCUT2D eigenvalue weighted by molar-refractivity contribution is 7.89. The van der Waals surface area contributed by atoms with E-state index in [1.165, 1.54) is 16.9 Å². The Morgan fingerprint density at radius 3 is 2.45 bits per heavy atom. The minimum absolute atomic E-state index is 0.0956. The third-order valence-electron chi connectivity index (χ3n) is 6.83. The summed E-state index contributed by atoms with van der Waals surface area (Å²) in [6.07, 6.45) is -8.55. The topological polar surface area (TPSA) is 97.0 Å². The number of piperidine rings is 1. The maximum Gasteiger partial charge on any atom is 0.573 e. The van der Waals surface area contributed by atoms with Gasteiger partial charge in [0.1, 0.15) is 23.4 Å². The largest absolute Gasteiger partial charge is 0.573 e. The van der Waals surface area contributed by atoms with Crippen molar-refractivity contribution >= 4 is 15.9 Å². The Morgan fingerprint density at radius 2 is 1.79 bits per heavy atom. The maximum atomic E-state index is 15.0. The van der Waals surface area contributed by atoms with Crippen LogP contribution in [0.15, 0.2) is 41.3 Å². The molecule has 2 atom stereocenters. The number of fused-ring (bicyclic) bond motifs is 1. The van der Waals surface area contributed by atoms with Crippen LogP contribution >= 0.6 is 0 Å². The van der Waals surface area contributed by atoms with Gasteiger partial charge in [-0.25, -0.2) is 12.8 Å². The van der Waals surface area contributed by atoms with Crippen LogP contribution in [-0.2, 0) is 21.4 Å². The number of alkyl halides is 6. The highest BCUT2D eigenvalue weighted by atomic mass is 32.2. The first-order chi connectivity index (χ1) is 19.6. The van der Waals surface area contributed by atoms with Crippen molar-refractivity contribution in [3.63, 3.8) is 0 Å².